The van der Waals surface area contributed by atoms with Crippen LogP contribution < -0.4 is 16.4 Å². The molecule has 0 aromatic carbocycles. The molecule has 8 N–H and O–H groups in total. The Bertz CT molecular complexity index is 580. The highest BCUT2D eigenvalue weighted by molar-refractivity contribution is 8.00. The molecular weight excluding hydrogens is 378 g/mol. The fourth-order valence-corrected chi connectivity index (χ4v) is 5.44. The number of thioether (sulfide) groups is 1. The molecular formula is C16H27N3O7S. The zero-order valence-corrected chi connectivity index (χ0v) is 15.6. The summed E-state index contributed by atoms with van der Waals surface area (Å²) in [7, 11) is 0. The van der Waals surface area contributed by atoms with Crippen molar-refractivity contribution in [2.75, 3.05) is 12.4 Å². The number of urea groups is 1. The first-order valence-corrected chi connectivity index (χ1v) is 10.2. The molecule has 3 aliphatic heterocycles. The minimum Gasteiger partial charge on any atom is -0.394 e. The predicted octanol–water partition coefficient (Wildman–Crippen LogP) is -2.59. The van der Waals surface area contributed by atoms with Crippen LogP contribution in [0.3, 0.4) is 0 Å². The fourth-order valence-electron chi connectivity index (χ4n) is 3.89. The molecule has 10 nitrogen and oxygen atoms in total. The Labute approximate surface area is 160 Å². The van der Waals surface area contributed by atoms with Gasteiger partial charge in [-0.15, -0.1) is 0 Å². The molecule has 0 aromatic rings. The van der Waals surface area contributed by atoms with Crippen molar-refractivity contribution in [3.63, 3.8) is 0 Å². The summed E-state index contributed by atoms with van der Waals surface area (Å²) >= 11 is 1.78. The first-order chi connectivity index (χ1) is 12.8. The third kappa shape index (κ3) is 3.95. The number of ether oxygens (including phenoxy) is 1. The first-order valence-electron chi connectivity index (χ1n) is 9.12. The SMILES string of the molecule is N[C@@H]1[C@@H](O)[C@H](O)[C@@H](CO)OC1(O)C(=O)CCCC[C@@H]1SC[C@@H]2NC(=O)N[C@@H]21. The van der Waals surface area contributed by atoms with Crippen LogP contribution in [-0.2, 0) is 9.53 Å². The highest BCUT2D eigenvalue weighted by atomic mass is 32.2. The van der Waals surface area contributed by atoms with Gasteiger partial charge in [0.15, 0.2) is 5.78 Å². The lowest BCUT2D eigenvalue weighted by Gasteiger charge is -2.45. The van der Waals surface area contributed by atoms with Gasteiger partial charge in [0, 0.05) is 17.4 Å². The van der Waals surface area contributed by atoms with Gasteiger partial charge in [0.05, 0.1) is 24.7 Å². The number of hydrogen-bond donors (Lipinski definition) is 7. The molecule has 27 heavy (non-hydrogen) atoms. The van der Waals surface area contributed by atoms with Gasteiger partial charge in [0.25, 0.3) is 0 Å². The van der Waals surface area contributed by atoms with E-state index in [1.54, 1.807) is 11.8 Å². The maximum absolute atomic E-state index is 12.5. The molecule has 3 saturated heterocycles. The van der Waals surface area contributed by atoms with Crippen LogP contribution in [0.1, 0.15) is 25.7 Å². The molecule has 0 aliphatic carbocycles. The number of nitrogens with two attached hydrogens (primary N) is 1. The Morgan fingerprint density at radius 3 is 2.74 bits per heavy atom. The highest BCUT2D eigenvalue weighted by Crippen LogP contribution is 2.34. The minimum atomic E-state index is -2.44. The van der Waals surface area contributed by atoms with Crippen LogP contribution in [0.5, 0.6) is 0 Å². The van der Waals surface area contributed by atoms with Crippen LogP contribution >= 0.6 is 11.8 Å². The topological polar surface area (TPSA) is 174 Å². The summed E-state index contributed by atoms with van der Waals surface area (Å²) in [5, 5.41) is 45.5. The Morgan fingerprint density at radius 2 is 2.04 bits per heavy atom. The van der Waals surface area contributed by atoms with Crippen LogP contribution in [-0.4, -0.2) is 92.1 Å². The average Bonchev–Trinajstić information content (AvgIpc) is 3.19. The van der Waals surface area contributed by atoms with Gasteiger partial charge in [-0.1, -0.05) is 6.42 Å². The van der Waals surface area contributed by atoms with E-state index >= 15 is 0 Å². The molecule has 0 bridgehead atoms. The smallest absolute Gasteiger partial charge is 0.315 e. The Morgan fingerprint density at radius 1 is 1.30 bits per heavy atom. The zero-order chi connectivity index (χ0) is 19.8. The van der Waals surface area contributed by atoms with Crippen molar-refractivity contribution < 1.29 is 34.8 Å². The number of amides is 2. The Kier molecular flexibility index (Phi) is 6.31. The number of aliphatic hydroxyl groups is 4. The maximum Gasteiger partial charge on any atom is 0.315 e. The second kappa shape index (κ2) is 8.19. The lowest BCUT2D eigenvalue weighted by molar-refractivity contribution is -0.297. The molecule has 0 spiro atoms. The summed E-state index contributed by atoms with van der Waals surface area (Å²) in [6, 6.07) is -1.41. The number of nitrogens with one attached hydrogen (secondary N) is 2. The molecule has 3 rings (SSSR count). The monoisotopic (exact) mass is 405 g/mol. The molecule has 11 heteroatoms. The van der Waals surface area contributed by atoms with E-state index in [1.807, 2.05) is 0 Å². The van der Waals surface area contributed by atoms with Crippen molar-refractivity contribution in [2.45, 2.75) is 73.2 Å². The summed E-state index contributed by atoms with van der Waals surface area (Å²) in [6.07, 6.45) is -2.37. The van der Waals surface area contributed by atoms with Crippen molar-refractivity contribution in [3.05, 3.63) is 0 Å². The van der Waals surface area contributed by atoms with E-state index in [2.05, 4.69) is 10.6 Å². The number of carbonyl (C=O) groups is 2. The number of unbranched alkanes of at least 4 members (excludes halogenated alkanes) is 1. The number of ketones is 1. The van der Waals surface area contributed by atoms with E-state index in [0.29, 0.717) is 12.8 Å². The molecule has 8 atom stereocenters. The van der Waals surface area contributed by atoms with Crippen LogP contribution in [0.15, 0.2) is 0 Å². The van der Waals surface area contributed by atoms with E-state index in [0.717, 1.165) is 12.2 Å². The van der Waals surface area contributed by atoms with Gasteiger partial charge >= 0.3 is 6.03 Å². The molecule has 154 valence electrons. The highest BCUT2D eigenvalue weighted by Gasteiger charge is 2.55. The third-order valence-electron chi connectivity index (χ3n) is 5.54. The van der Waals surface area contributed by atoms with Crippen molar-refractivity contribution >= 4 is 23.6 Å². The molecule has 2 amide bonds. The van der Waals surface area contributed by atoms with Crippen LogP contribution in [0, 0.1) is 0 Å². The van der Waals surface area contributed by atoms with Gasteiger partial charge < -0.3 is 41.5 Å². The second-order valence-corrected chi connectivity index (χ2v) is 8.61. The van der Waals surface area contributed by atoms with Gasteiger partial charge in [0.1, 0.15) is 18.3 Å². The van der Waals surface area contributed by atoms with Crippen LogP contribution in [0.2, 0.25) is 0 Å². The normalized spacial score (nSPS) is 43.9. The number of hydrogen-bond acceptors (Lipinski definition) is 9. The van der Waals surface area contributed by atoms with Crippen LogP contribution in [0.25, 0.3) is 0 Å². The van der Waals surface area contributed by atoms with Crippen molar-refractivity contribution in [3.8, 4) is 0 Å². The molecule has 3 aliphatic rings. The van der Waals surface area contributed by atoms with Gasteiger partial charge in [-0.3, -0.25) is 4.79 Å². The number of carbonyl (C=O) groups excluding carboxylic acids is 2. The van der Waals surface area contributed by atoms with Gasteiger partial charge in [-0.2, -0.15) is 11.8 Å². The van der Waals surface area contributed by atoms with Crippen molar-refractivity contribution in [1.82, 2.24) is 10.6 Å². The lowest BCUT2D eigenvalue weighted by Crippen LogP contribution is -2.71. The summed E-state index contributed by atoms with van der Waals surface area (Å²) in [5.74, 6) is -2.27. The Hall–Kier alpha value is -0.950. The van der Waals surface area contributed by atoms with E-state index in [-0.39, 0.29) is 29.8 Å². The minimum absolute atomic E-state index is 0.0126. The number of rotatable bonds is 7. The predicted molar refractivity (Wildman–Crippen MR) is 95.9 cm³/mol. The van der Waals surface area contributed by atoms with Gasteiger partial charge in [-0.25, -0.2) is 4.79 Å². The van der Waals surface area contributed by atoms with Crippen molar-refractivity contribution in [1.29, 1.82) is 0 Å². The summed E-state index contributed by atoms with van der Waals surface area (Å²) in [4.78, 5) is 23.8. The second-order valence-electron chi connectivity index (χ2n) is 7.33. The lowest BCUT2D eigenvalue weighted by atomic mass is 9.87. The van der Waals surface area contributed by atoms with E-state index < -0.39 is 42.5 Å². The Balaban J connectivity index is 1.48. The fraction of sp³-hybridized carbons (Fsp3) is 0.875. The largest absolute Gasteiger partial charge is 0.394 e. The number of aliphatic hydroxyl groups excluding tert-OH is 3. The molecule has 3 heterocycles. The van der Waals surface area contributed by atoms with Gasteiger partial charge in [-0.05, 0) is 12.8 Å². The quantitative estimate of drug-likeness (QED) is 0.177. The maximum atomic E-state index is 12.5. The standard InChI is InChI=1S/C16H27N3O7S/c17-14-13(23)12(22)8(5-20)26-16(14,25)10(21)4-2-1-3-9-11-7(6-27-9)18-15(24)19-11/h7-9,11-14,20,22-23,25H,1-6,17H2,(H2,18,19,24)/t7-,8+,9-,11-,12+,13-,14+,16?/m0/s1. The van der Waals surface area contributed by atoms with Crippen LogP contribution in [0.4, 0.5) is 4.79 Å². The first kappa shape index (κ1) is 20.8. The number of fused-ring (bicyclic) bond motifs is 1. The molecule has 0 saturated carbocycles. The van der Waals surface area contributed by atoms with E-state index in [4.69, 9.17) is 10.5 Å². The number of Topliss-reactive ketones (excluding diaryl/α,β-unsaturated/α-hetero) is 1. The third-order valence-corrected chi connectivity index (χ3v) is 7.05. The molecule has 0 radical (unpaired) electrons. The molecule has 1 unspecified atom stereocenters. The summed E-state index contributed by atoms with van der Waals surface area (Å²) in [6.45, 7) is -0.665. The summed E-state index contributed by atoms with van der Waals surface area (Å²) in [5.41, 5.74) is 5.70. The molecule has 0 aromatic heterocycles. The van der Waals surface area contributed by atoms with Gasteiger partial charge in [0.2, 0.25) is 5.79 Å². The summed E-state index contributed by atoms with van der Waals surface area (Å²) < 4.78 is 5.14. The zero-order valence-electron chi connectivity index (χ0n) is 14.8. The van der Waals surface area contributed by atoms with E-state index in [9.17, 15) is 30.0 Å². The van der Waals surface area contributed by atoms with Crippen molar-refractivity contribution in [2.24, 2.45) is 5.73 Å². The molecule has 3 fully saturated rings. The van der Waals surface area contributed by atoms with E-state index in [1.165, 1.54) is 0 Å². The average molecular weight is 405 g/mol.